The van der Waals surface area contributed by atoms with Gasteiger partial charge in [0.1, 0.15) is 0 Å². The molecule has 0 saturated heterocycles. The second kappa shape index (κ2) is 11.1. The van der Waals surface area contributed by atoms with E-state index >= 15 is 0 Å². The zero-order valence-corrected chi connectivity index (χ0v) is 27.6. The highest BCUT2D eigenvalue weighted by atomic mass is 32.1. The molecule has 234 valence electrons. The van der Waals surface area contributed by atoms with Gasteiger partial charge in [-0.25, -0.2) is 0 Å². The molecule has 0 atom stereocenters. The lowest BCUT2D eigenvalue weighted by atomic mass is 9.85. The minimum atomic E-state index is -0.245. The van der Waals surface area contributed by atoms with Crippen molar-refractivity contribution in [3.63, 3.8) is 0 Å². The Bertz CT molecular complexity index is 2900. The van der Waals surface area contributed by atoms with E-state index in [2.05, 4.69) is 115 Å². The molecule has 50 heavy (non-hydrogen) atoms. The van der Waals surface area contributed by atoms with Crippen LogP contribution in [0.3, 0.4) is 0 Å². The molecule has 0 fully saturated rings. The average Bonchev–Trinajstić information content (AvgIpc) is 3.54. The molecule has 1 aromatic heterocycles. The Hall–Kier alpha value is -6.36. The third kappa shape index (κ3) is 4.16. The molecule has 0 aliphatic heterocycles. The highest BCUT2D eigenvalue weighted by Crippen LogP contribution is 2.49. The molecule has 0 saturated carbocycles. The van der Waals surface area contributed by atoms with Gasteiger partial charge in [0, 0.05) is 25.7 Å². The minimum Gasteiger partial charge on any atom is -0.258 e. The summed E-state index contributed by atoms with van der Waals surface area (Å²) in [6.07, 6.45) is 0. The maximum atomic E-state index is 12.4. The number of fused-ring (bicyclic) bond motifs is 7. The maximum absolute atomic E-state index is 12.4. The first kappa shape index (κ1) is 28.6. The van der Waals surface area contributed by atoms with E-state index in [4.69, 9.17) is 0 Å². The maximum Gasteiger partial charge on any atom is 0.284 e. The van der Waals surface area contributed by atoms with Crippen LogP contribution < -0.4 is 0 Å². The van der Waals surface area contributed by atoms with Gasteiger partial charge >= 0.3 is 0 Å². The molecular weight excluding hydrogens is 631 g/mol. The van der Waals surface area contributed by atoms with E-state index in [1.165, 1.54) is 64.0 Å². The van der Waals surface area contributed by atoms with Crippen LogP contribution in [-0.4, -0.2) is 4.92 Å². The van der Waals surface area contributed by atoms with E-state index in [0.29, 0.717) is 10.8 Å². The molecule has 1 heterocycles. The lowest BCUT2D eigenvalue weighted by Crippen LogP contribution is -1.94. The summed E-state index contributed by atoms with van der Waals surface area (Å²) in [4.78, 5) is 12.1. The predicted molar refractivity (Wildman–Crippen MR) is 212 cm³/mol. The van der Waals surface area contributed by atoms with E-state index in [-0.39, 0.29) is 10.6 Å². The number of thiophene rings is 1. The number of nitro benzene ring substituents is 1. The topological polar surface area (TPSA) is 43.1 Å². The van der Waals surface area contributed by atoms with Crippen LogP contribution in [-0.2, 0) is 0 Å². The van der Waals surface area contributed by atoms with E-state index in [0.717, 1.165) is 21.9 Å². The molecule has 9 aromatic carbocycles. The average molecular weight is 658 g/mol. The van der Waals surface area contributed by atoms with E-state index < -0.39 is 0 Å². The Morgan fingerprint density at radius 1 is 0.400 bits per heavy atom. The van der Waals surface area contributed by atoms with Gasteiger partial charge in [-0.1, -0.05) is 140 Å². The Morgan fingerprint density at radius 2 is 0.860 bits per heavy atom. The van der Waals surface area contributed by atoms with Crippen LogP contribution in [0, 0.1) is 10.1 Å². The van der Waals surface area contributed by atoms with Crippen LogP contribution >= 0.6 is 11.3 Å². The lowest BCUT2D eigenvalue weighted by molar-refractivity contribution is -0.381. The van der Waals surface area contributed by atoms with Gasteiger partial charge in [0.05, 0.1) is 15.7 Å². The highest BCUT2D eigenvalue weighted by molar-refractivity contribution is 7.26. The van der Waals surface area contributed by atoms with Gasteiger partial charge in [-0.3, -0.25) is 10.1 Å². The standard InChI is InChI=1S/C46H27NO2S/c48-47(49)45-36-21-10-8-19-34(36)43(35-20-9-11-22-37(35)45)29-25-26-41-40(27-29)38-23-12-24-39(46(38)50-41)44-32-17-6-4-15-30(32)42(28-13-2-1-3-14-28)31-16-5-7-18-33(31)44/h1-27H. The van der Waals surface area contributed by atoms with E-state index in [1.54, 1.807) is 0 Å². The van der Waals surface area contributed by atoms with Crippen molar-refractivity contribution in [3.05, 3.63) is 174 Å². The van der Waals surface area contributed by atoms with Gasteiger partial charge in [-0.05, 0) is 84.4 Å². The fraction of sp³-hybridized carbons (Fsp3) is 0. The van der Waals surface area contributed by atoms with Gasteiger partial charge in [-0.15, -0.1) is 11.3 Å². The van der Waals surface area contributed by atoms with Crippen molar-refractivity contribution < 1.29 is 4.92 Å². The molecule has 0 aliphatic rings. The van der Waals surface area contributed by atoms with Crippen molar-refractivity contribution in [3.8, 4) is 33.4 Å². The summed E-state index contributed by atoms with van der Waals surface area (Å²) in [5, 5.41) is 22.8. The van der Waals surface area contributed by atoms with Gasteiger partial charge in [0.25, 0.3) is 5.69 Å². The molecule has 0 unspecified atom stereocenters. The van der Waals surface area contributed by atoms with E-state index in [9.17, 15) is 10.1 Å². The molecule has 0 bridgehead atoms. The van der Waals surface area contributed by atoms with E-state index in [1.807, 2.05) is 59.9 Å². The first-order valence-corrected chi connectivity index (χ1v) is 17.5. The van der Waals surface area contributed by atoms with Crippen molar-refractivity contribution in [1.29, 1.82) is 0 Å². The summed E-state index contributed by atoms with van der Waals surface area (Å²) in [7, 11) is 0. The molecule has 0 amide bonds. The third-order valence-electron chi connectivity index (χ3n) is 10.1. The van der Waals surface area contributed by atoms with Crippen LogP contribution in [0.5, 0.6) is 0 Å². The first-order chi connectivity index (χ1) is 24.7. The number of hydrogen-bond acceptors (Lipinski definition) is 3. The van der Waals surface area contributed by atoms with Crippen LogP contribution in [0.25, 0.3) is 96.6 Å². The van der Waals surface area contributed by atoms with Crippen LogP contribution in [0.15, 0.2) is 164 Å². The summed E-state index contributed by atoms with van der Waals surface area (Å²) in [5.74, 6) is 0. The second-order valence-electron chi connectivity index (χ2n) is 12.8. The normalized spacial score (nSPS) is 11.8. The lowest BCUT2D eigenvalue weighted by Gasteiger charge is -2.18. The zero-order chi connectivity index (χ0) is 33.3. The zero-order valence-electron chi connectivity index (χ0n) is 26.8. The SMILES string of the molecule is O=[N+]([O-])c1c2ccccc2c(-c2ccc3sc4c(-c5c6ccccc6c(-c6ccccc6)c6ccccc56)cccc4c3c2)c2ccccc12. The molecular formula is C46H27NO2S. The number of hydrogen-bond donors (Lipinski definition) is 0. The van der Waals surface area contributed by atoms with Gasteiger partial charge in [-0.2, -0.15) is 0 Å². The number of nitrogens with zero attached hydrogens (tertiary/aromatic N) is 1. The number of non-ortho nitro benzene ring substituents is 1. The van der Waals surface area contributed by atoms with Crippen molar-refractivity contribution in [2.45, 2.75) is 0 Å². The fourth-order valence-electron chi connectivity index (χ4n) is 8.10. The van der Waals surface area contributed by atoms with Crippen molar-refractivity contribution in [1.82, 2.24) is 0 Å². The largest absolute Gasteiger partial charge is 0.284 e. The second-order valence-corrected chi connectivity index (χ2v) is 13.8. The molecule has 0 spiro atoms. The summed E-state index contributed by atoms with van der Waals surface area (Å²) >= 11 is 1.83. The van der Waals surface area contributed by atoms with Gasteiger partial charge in [0.2, 0.25) is 0 Å². The minimum absolute atomic E-state index is 0.157. The first-order valence-electron chi connectivity index (χ1n) is 16.7. The Morgan fingerprint density at radius 3 is 1.42 bits per heavy atom. The number of nitro groups is 1. The molecule has 4 heteroatoms. The molecule has 10 rings (SSSR count). The molecule has 3 nitrogen and oxygen atoms in total. The molecule has 10 aromatic rings. The smallest absolute Gasteiger partial charge is 0.258 e. The van der Waals surface area contributed by atoms with Crippen molar-refractivity contribution in [2.24, 2.45) is 0 Å². The number of rotatable bonds is 4. The molecule has 0 aliphatic carbocycles. The van der Waals surface area contributed by atoms with Gasteiger partial charge < -0.3 is 0 Å². The third-order valence-corrected chi connectivity index (χ3v) is 11.4. The fourth-order valence-corrected chi connectivity index (χ4v) is 9.30. The van der Waals surface area contributed by atoms with Crippen LogP contribution in [0.2, 0.25) is 0 Å². The predicted octanol–water partition coefficient (Wildman–Crippen LogP) is 13.6. The van der Waals surface area contributed by atoms with Crippen LogP contribution in [0.1, 0.15) is 0 Å². The Balaban J connectivity index is 1.26. The summed E-state index contributed by atoms with van der Waals surface area (Å²) in [5.41, 5.74) is 7.18. The summed E-state index contributed by atoms with van der Waals surface area (Å²) in [6, 6.07) is 57.1. The summed E-state index contributed by atoms with van der Waals surface area (Å²) in [6.45, 7) is 0. The Kier molecular flexibility index (Phi) is 6.35. The Labute approximate surface area is 291 Å². The number of benzene rings is 9. The van der Waals surface area contributed by atoms with Crippen molar-refractivity contribution in [2.75, 3.05) is 0 Å². The monoisotopic (exact) mass is 657 g/mol. The highest BCUT2D eigenvalue weighted by Gasteiger charge is 2.23. The molecule has 0 radical (unpaired) electrons. The van der Waals surface area contributed by atoms with Crippen LogP contribution in [0.4, 0.5) is 5.69 Å². The quantitative estimate of drug-likeness (QED) is 0.107. The van der Waals surface area contributed by atoms with Crippen molar-refractivity contribution >= 4 is 80.3 Å². The van der Waals surface area contributed by atoms with Gasteiger partial charge in [0.15, 0.2) is 0 Å². The molecule has 0 N–H and O–H groups in total. The summed E-state index contributed by atoms with van der Waals surface area (Å²) < 4.78 is 2.46.